The fourth-order valence-corrected chi connectivity index (χ4v) is 4.17. The first-order valence-electron chi connectivity index (χ1n) is 14.9. The summed E-state index contributed by atoms with van der Waals surface area (Å²) in [6, 6.07) is 7.42. The van der Waals surface area contributed by atoms with E-state index in [0.717, 1.165) is 9.58 Å². The summed E-state index contributed by atoms with van der Waals surface area (Å²) in [5.74, 6) is -0.276. The van der Waals surface area contributed by atoms with Gasteiger partial charge < -0.3 is 15.5 Å². The smallest absolute Gasteiger partial charge is 0.225 e. The number of halogens is 1. The third-order valence-corrected chi connectivity index (χ3v) is 6.32. The lowest BCUT2D eigenvalue weighted by Crippen LogP contribution is -2.47. The molecule has 1 aliphatic heterocycles. The summed E-state index contributed by atoms with van der Waals surface area (Å²) in [4.78, 5) is 15.3. The zero-order valence-electron chi connectivity index (χ0n) is 26.7. The van der Waals surface area contributed by atoms with Gasteiger partial charge in [-0.1, -0.05) is 12.1 Å². The molecule has 1 saturated heterocycles. The molecular formula is C26H27FN10. The maximum absolute atomic E-state index is 13.4. The molecule has 1 atom stereocenters. The quantitative estimate of drug-likeness (QED) is 0.389. The predicted octanol–water partition coefficient (Wildman–Crippen LogP) is 2.61. The minimum Gasteiger partial charge on any atom is -0.351 e. The van der Waals surface area contributed by atoms with Gasteiger partial charge in [0, 0.05) is 78.6 Å². The van der Waals surface area contributed by atoms with E-state index in [0.29, 0.717) is 27.8 Å². The van der Waals surface area contributed by atoms with E-state index in [1.165, 1.54) is 52.7 Å². The molecule has 2 N–H and O–H groups in total. The Morgan fingerprint density at radius 2 is 1.70 bits per heavy atom. The number of piperazine rings is 1. The highest BCUT2D eigenvalue weighted by Gasteiger charge is 2.26. The van der Waals surface area contributed by atoms with Crippen molar-refractivity contribution in [3.05, 3.63) is 84.6 Å². The Morgan fingerprint density at radius 1 is 0.946 bits per heavy atom. The average molecular weight is 506 g/mol. The van der Waals surface area contributed by atoms with Gasteiger partial charge in [-0.3, -0.25) is 4.68 Å². The van der Waals surface area contributed by atoms with E-state index in [1.807, 2.05) is 0 Å². The Hall–Kier alpha value is -4.38. The zero-order chi connectivity index (χ0) is 31.7. The lowest BCUT2D eigenvalue weighted by Gasteiger charge is -2.35. The van der Waals surface area contributed by atoms with Gasteiger partial charge in [0.1, 0.15) is 17.7 Å². The number of hydrogen-bond acceptors (Lipinski definition) is 8. The first-order valence-corrected chi connectivity index (χ1v) is 11.4. The van der Waals surface area contributed by atoms with E-state index in [1.54, 1.807) is 31.3 Å². The number of nitrogens with two attached hydrogens (primary N) is 1. The van der Waals surface area contributed by atoms with E-state index in [9.17, 15) is 4.39 Å². The number of nitrogens with zero attached hydrogens (tertiary/aromatic N) is 9. The van der Waals surface area contributed by atoms with Crippen LogP contribution in [0.25, 0.3) is 16.6 Å². The number of aromatic nitrogens is 7. The van der Waals surface area contributed by atoms with Gasteiger partial charge in [-0.15, -0.1) is 0 Å². The molecule has 4 aromatic heterocycles. The molecule has 1 aromatic carbocycles. The molecule has 11 heteroatoms. The Bertz CT molecular complexity index is 1800. The van der Waals surface area contributed by atoms with Crippen molar-refractivity contribution in [3.63, 3.8) is 0 Å². The number of hydrogen-bond donors (Lipinski definition) is 1. The number of rotatable bonds is 5. The van der Waals surface area contributed by atoms with Crippen LogP contribution in [0, 0.1) is 5.82 Å². The summed E-state index contributed by atoms with van der Waals surface area (Å²) in [6.45, 7) is -5.87. The van der Waals surface area contributed by atoms with E-state index < -0.39 is 31.3 Å². The Kier molecular flexibility index (Phi) is 3.95. The summed E-state index contributed by atoms with van der Waals surface area (Å²) in [5, 5.41) is 8.14. The second-order valence-electron chi connectivity index (χ2n) is 8.80. The summed E-state index contributed by atoms with van der Waals surface area (Å²) in [6.07, 6.45) is 8.57. The number of anilines is 2. The molecule has 0 saturated carbocycles. The molecule has 5 heterocycles. The van der Waals surface area contributed by atoms with Gasteiger partial charge in [0.2, 0.25) is 5.95 Å². The van der Waals surface area contributed by atoms with Gasteiger partial charge in [-0.2, -0.15) is 10.2 Å². The monoisotopic (exact) mass is 505 g/mol. The van der Waals surface area contributed by atoms with E-state index in [4.69, 9.17) is 15.3 Å². The Balaban J connectivity index is 1.29. The standard InChI is InChI=1S/C26H27FN10/c1-26(28,20-3-5-22(27)6-4-20)21-13-29-25(30-14-21)36-9-7-35(8-10-36)24-23-11-18(16-37(23)33-17-31-24)19-12-32-34(2)15-19/h3-6,11-17H,7-10,28H2,1-2H3/i2D3,9D2,10D2. The summed E-state index contributed by atoms with van der Waals surface area (Å²) >= 11 is 0. The SMILES string of the molecule is [2H]C1([2H])CN(c2ncnn3cc(-c4cnn(C([2H])([2H])[2H])c4)cc23)CC([2H])([2H])N1c1ncc(C(C)(N)c2ccc(F)cc2)cn1. The van der Waals surface area contributed by atoms with Crippen LogP contribution in [0.5, 0.6) is 0 Å². The maximum atomic E-state index is 13.4. The molecule has 1 unspecified atom stereocenters. The highest BCUT2D eigenvalue weighted by atomic mass is 19.1. The molecule has 1 aliphatic rings. The van der Waals surface area contributed by atoms with Gasteiger partial charge in [-0.05, 0) is 30.7 Å². The Labute approximate surface area is 223 Å². The van der Waals surface area contributed by atoms with Crippen molar-refractivity contribution in [2.75, 3.05) is 35.9 Å². The van der Waals surface area contributed by atoms with Crippen LogP contribution < -0.4 is 15.5 Å². The Morgan fingerprint density at radius 3 is 2.41 bits per heavy atom. The van der Waals surface area contributed by atoms with Crippen LogP contribution in [0.4, 0.5) is 16.2 Å². The predicted molar refractivity (Wildman–Crippen MR) is 139 cm³/mol. The molecule has 0 aliphatic carbocycles. The van der Waals surface area contributed by atoms with Gasteiger partial charge in [0.25, 0.3) is 0 Å². The fraction of sp³-hybridized carbons (Fsp3) is 0.269. The van der Waals surface area contributed by atoms with Crippen molar-refractivity contribution < 1.29 is 14.0 Å². The second kappa shape index (κ2) is 8.93. The van der Waals surface area contributed by atoms with Crippen molar-refractivity contribution in [2.24, 2.45) is 12.7 Å². The van der Waals surface area contributed by atoms with E-state index in [-0.39, 0.29) is 24.9 Å². The van der Waals surface area contributed by atoms with Gasteiger partial charge in [0.05, 0.1) is 17.2 Å². The summed E-state index contributed by atoms with van der Waals surface area (Å²) < 4.78 is 73.9. The molecule has 6 rings (SSSR count). The van der Waals surface area contributed by atoms with Crippen LogP contribution in [0.1, 0.15) is 27.6 Å². The topological polar surface area (TPSA) is 106 Å². The van der Waals surface area contributed by atoms with Crippen molar-refractivity contribution in [2.45, 2.75) is 12.5 Å². The van der Waals surface area contributed by atoms with Crippen LogP contribution in [0.15, 0.2) is 67.6 Å². The molecule has 0 amide bonds. The van der Waals surface area contributed by atoms with Crippen LogP contribution in [-0.2, 0) is 12.5 Å². The number of aryl methyl sites for hydroxylation is 1. The average Bonchev–Trinajstić information content (AvgIpc) is 3.60. The van der Waals surface area contributed by atoms with Crippen LogP contribution in [0.2, 0.25) is 0 Å². The van der Waals surface area contributed by atoms with Crippen LogP contribution in [-0.4, -0.2) is 60.4 Å². The molecule has 0 spiro atoms. The minimum absolute atomic E-state index is 0.164. The maximum Gasteiger partial charge on any atom is 0.225 e. The molecule has 1 fully saturated rings. The zero-order valence-corrected chi connectivity index (χ0v) is 19.7. The van der Waals surface area contributed by atoms with Gasteiger partial charge in [-0.25, -0.2) is 23.9 Å². The first kappa shape index (κ1) is 16.4. The summed E-state index contributed by atoms with van der Waals surface area (Å²) in [5.41, 5.74) is 8.13. The van der Waals surface area contributed by atoms with Crippen molar-refractivity contribution in [1.29, 1.82) is 0 Å². The molecule has 5 aromatic rings. The summed E-state index contributed by atoms with van der Waals surface area (Å²) in [7, 11) is 0. The number of fused-ring (bicyclic) bond motifs is 1. The molecule has 0 radical (unpaired) electrons. The second-order valence-corrected chi connectivity index (χ2v) is 8.80. The van der Waals surface area contributed by atoms with E-state index in [2.05, 4.69) is 25.1 Å². The van der Waals surface area contributed by atoms with Crippen LogP contribution in [0.3, 0.4) is 0 Å². The van der Waals surface area contributed by atoms with Gasteiger partial charge in [0.15, 0.2) is 5.82 Å². The highest BCUT2D eigenvalue weighted by Crippen LogP contribution is 2.29. The highest BCUT2D eigenvalue weighted by molar-refractivity contribution is 5.77. The first-order chi connectivity index (χ1) is 20.6. The third-order valence-electron chi connectivity index (χ3n) is 6.32. The molecule has 188 valence electrons. The minimum atomic E-state index is -2.43. The van der Waals surface area contributed by atoms with Crippen molar-refractivity contribution in [1.82, 2.24) is 34.3 Å². The van der Waals surface area contributed by atoms with E-state index >= 15 is 0 Å². The lowest BCUT2D eigenvalue weighted by atomic mass is 9.87. The third kappa shape index (κ3) is 4.27. The normalized spacial score (nSPS) is 21.6. The van der Waals surface area contributed by atoms with Gasteiger partial charge >= 0.3 is 0 Å². The van der Waals surface area contributed by atoms with Crippen molar-refractivity contribution in [3.8, 4) is 11.1 Å². The molecule has 37 heavy (non-hydrogen) atoms. The molecule has 10 nitrogen and oxygen atoms in total. The largest absolute Gasteiger partial charge is 0.351 e. The number of benzene rings is 1. The fourth-order valence-electron chi connectivity index (χ4n) is 4.17. The van der Waals surface area contributed by atoms with Crippen LogP contribution >= 0.6 is 0 Å². The molecular weight excluding hydrogens is 471 g/mol. The van der Waals surface area contributed by atoms with Crippen molar-refractivity contribution >= 4 is 17.3 Å². The molecule has 0 bridgehead atoms. The lowest BCUT2D eigenvalue weighted by molar-refractivity contribution is 0.585.